The summed E-state index contributed by atoms with van der Waals surface area (Å²) >= 11 is 0. The molecule has 1 aliphatic carbocycles. The van der Waals surface area contributed by atoms with Crippen LogP contribution < -0.4 is 10.1 Å². The summed E-state index contributed by atoms with van der Waals surface area (Å²) in [7, 11) is 1.65. The number of benzene rings is 1. The van der Waals surface area contributed by atoms with Crippen LogP contribution in [-0.4, -0.2) is 45.5 Å². The van der Waals surface area contributed by atoms with Gasteiger partial charge in [0.25, 0.3) is 0 Å². The molecule has 3 aromatic rings. The summed E-state index contributed by atoms with van der Waals surface area (Å²) in [6, 6.07) is 5.96. The van der Waals surface area contributed by atoms with E-state index in [0.717, 1.165) is 59.3 Å². The molecule has 7 nitrogen and oxygen atoms in total. The van der Waals surface area contributed by atoms with Gasteiger partial charge in [-0.3, -0.25) is 4.79 Å². The van der Waals surface area contributed by atoms with E-state index >= 15 is 0 Å². The smallest absolute Gasteiger partial charge is 0.314 e. The third kappa shape index (κ3) is 3.66. The lowest BCUT2D eigenvalue weighted by Gasteiger charge is -2.42. The number of hydrogen-bond acceptors (Lipinski definition) is 4. The van der Waals surface area contributed by atoms with Gasteiger partial charge in [-0.25, -0.2) is 4.68 Å². The molecule has 0 spiro atoms. The Balaban J connectivity index is 1.65. The van der Waals surface area contributed by atoms with Crippen molar-refractivity contribution in [2.75, 3.05) is 13.7 Å². The Morgan fingerprint density at radius 2 is 2.27 bits per heavy atom. The zero-order valence-electron chi connectivity index (χ0n) is 19.0. The molecule has 1 aliphatic heterocycles. The van der Waals surface area contributed by atoms with Crippen molar-refractivity contribution in [3.05, 3.63) is 66.1 Å². The summed E-state index contributed by atoms with van der Waals surface area (Å²) in [5.74, 6) is -0.330. The molecule has 0 bridgehead atoms. The van der Waals surface area contributed by atoms with Crippen molar-refractivity contribution in [1.29, 1.82) is 0 Å². The van der Waals surface area contributed by atoms with Gasteiger partial charge in [0.2, 0.25) is 0 Å². The van der Waals surface area contributed by atoms with Crippen LogP contribution in [0, 0.1) is 18.3 Å². The highest BCUT2D eigenvalue weighted by Crippen LogP contribution is 2.46. The molecule has 172 valence electrons. The molecule has 0 radical (unpaired) electrons. The summed E-state index contributed by atoms with van der Waals surface area (Å²) < 4.78 is 7.56. The Hall–Kier alpha value is -3.32. The Kier molecular flexibility index (Phi) is 5.58. The van der Waals surface area contributed by atoms with Gasteiger partial charge in [-0.1, -0.05) is 18.6 Å². The number of methoxy groups -OCH3 is 1. The molecule has 0 amide bonds. The molecule has 0 saturated carbocycles. The van der Waals surface area contributed by atoms with E-state index in [9.17, 15) is 9.90 Å². The number of ether oxygens (including phenoxy) is 1. The van der Waals surface area contributed by atoms with Crippen LogP contribution >= 0.6 is 0 Å². The van der Waals surface area contributed by atoms with Gasteiger partial charge in [0, 0.05) is 47.0 Å². The van der Waals surface area contributed by atoms with Crippen LogP contribution in [0.25, 0.3) is 16.6 Å². The van der Waals surface area contributed by atoms with Crippen LogP contribution in [-0.2, 0) is 11.2 Å². The number of carbonyl (C=O) groups is 1. The van der Waals surface area contributed by atoms with Crippen molar-refractivity contribution in [2.24, 2.45) is 11.3 Å². The minimum absolute atomic E-state index is 0.0727. The minimum atomic E-state index is -1.11. The fraction of sp³-hybridized carbons (Fsp3) is 0.385. The van der Waals surface area contributed by atoms with Crippen LogP contribution in [0.15, 0.2) is 55.0 Å². The van der Waals surface area contributed by atoms with E-state index in [2.05, 4.69) is 21.5 Å². The maximum atomic E-state index is 13.1. The molecular weight excluding hydrogens is 416 g/mol. The summed E-state index contributed by atoms with van der Waals surface area (Å²) in [6.45, 7) is 2.94. The first-order valence-corrected chi connectivity index (χ1v) is 11.5. The molecule has 33 heavy (non-hydrogen) atoms. The van der Waals surface area contributed by atoms with Crippen molar-refractivity contribution in [3.63, 3.8) is 0 Å². The van der Waals surface area contributed by atoms with Crippen molar-refractivity contribution >= 4 is 22.6 Å². The van der Waals surface area contributed by atoms with Crippen LogP contribution in [0.4, 0.5) is 0 Å². The second-order valence-corrected chi connectivity index (χ2v) is 9.12. The molecule has 1 saturated heterocycles. The number of H-pyrrole nitrogens is 1. The topological polar surface area (TPSA) is 92.2 Å². The van der Waals surface area contributed by atoms with E-state index < -0.39 is 11.4 Å². The van der Waals surface area contributed by atoms with Crippen LogP contribution in [0.3, 0.4) is 0 Å². The third-order valence-corrected chi connectivity index (χ3v) is 7.25. The van der Waals surface area contributed by atoms with E-state index in [1.807, 2.05) is 49.7 Å². The maximum Gasteiger partial charge on any atom is 0.314 e. The van der Waals surface area contributed by atoms with Gasteiger partial charge in [0.05, 0.1) is 18.2 Å². The molecule has 1 fully saturated rings. The van der Waals surface area contributed by atoms with E-state index in [0.29, 0.717) is 6.42 Å². The SMILES string of the molecule is COc1cc(C)c2[nH]ccc2c1CC1(C(=O)O)C=CC(n2cccn2)=C[C@@H]1C1CCCCN1. The van der Waals surface area contributed by atoms with E-state index in [4.69, 9.17) is 4.74 Å². The number of rotatable bonds is 6. The number of hydrogen-bond donors (Lipinski definition) is 3. The molecule has 5 rings (SSSR count). The van der Waals surface area contributed by atoms with Gasteiger partial charge < -0.3 is 20.1 Å². The van der Waals surface area contributed by atoms with Crippen LogP contribution in [0.2, 0.25) is 0 Å². The molecule has 7 heteroatoms. The number of carboxylic acids is 1. The van der Waals surface area contributed by atoms with Gasteiger partial charge in [-0.05, 0) is 62.6 Å². The lowest BCUT2D eigenvalue weighted by Crippen LogP contribution is -2.51. The number of fused-ring (bicyclic) bond motifs is 1. The predicted octanol–water partition coefficient (Wildman–Crippen LogP) is 4.16. The number of aryl methyl sites for hydroxylation is 1. The monoisotopic (exact) mass is 446 g/mol. The second kappa shape index (κ2) is 8.56. The first-order valence-electron chi connectivity index (χ1n) is 11.5. The number of carboxylic acid groups (broad SMARTS) is 1. The lowest BCUT2D eigenvalue weighted by molar-refractivity contribution is -0.148. The standard InChI is InChI=1S/C26H30N4O3/c1-17-14-23(33-2)20(19-8-12-28-24(17)19)16-26(25(31)32)9-7-18(30-13-5-11-29-30)15-21(26)22-6-3-4-10-27-22/h5,7-9,11-15,21-22,27-28H,3-4,6,10,16H2,1-2H3,(H,31,32)/t21-,22?,26?/m1/s1. The largest absolute Gasteiger partial charge is 0.496 e. The molecule has 3 heterocycles. The molecular formula is C26H30N4O3. The quantitative estimate of drug-likeness (QED) is 0.529. The van der Waals surface area contributed by atoms with Crippen molar-refractivity contribution in [2.45, 2.75) is 38.6 Å². The van der Waals surface area contributed by atoms with Gasteiger partial charge in [0.15, 0.2) is 0 Å². The minimum Gasteiger partial charge on any atom is -0.496 e. The third-order valence-electron chi connectivity index (χ3n) is 7.25. The first-order chi connectivity index (χ1) is 16.0. The average Bonchev–Trinajstić information content (AvgIpc) is 3.54. The van der Waals surface area contributed by atoms with Gasteiger partial charge >= 0.3 is 5.97 Å². The summed E-state index contributed by atoms with van der Waals surface area (Å²) in [6.07, 6.45) is 14.9. The zero-order valence-corrected chi connectivity index (χ0v) is 19.0. The number of nitrogens with one attached hydrogen (secondary N) is 2. The van der Waals surface area contributed by atoms with Crippen molar-refractivity contribution < 1.29 is 14.6 Å². The van der Waals surface area contributed by atoms with Crippen molar-refractivity contribution in [3.8, 4) is 5.75 Å². The molecule has 2 aliphatic rings. The Morgan fingerprint density at radius 1 is 1.39 bits per heavy atom. The van der Waals surface area contributed by atoms with Gasteiger partial charge in [0.1, 0.15) is 5.75 Å². The second-order valence-electron chi connectivity index (χ2n) is 9.12. The Morgan fingerprint density at radius 3 is 2.97 bits per heavy atom. The predicted molar refractivity (Wildman–Crippen MR) is 128 cm³/mol. The first kappa shape index (κ1) is 21.5. The number of nitrogens with zero attached hydrogens (tertiary/aromatic N) is 2. The molecule has 1 aromatic carbocycles. The molecule has 2 aromatic heterocycles. The number of allylic oxidation sites excluding steroid dienone is 2. The number of aromatic nitrogens is 3. The highest BCUT2D eigenvalue weighted by Gasteiger charge is 2.49. The molecule has 2 unspecified atom stereocenters. The molecule has 3 N–H and O–H groups in total. The summed E-state index contributed by atoms with van der Waals surface area (Å²) in [5.41, 5.74) is 2.80. The highest BCUT2D eigenvalue weighted by atomic mass is 16.5. The fourth-order valence-corrected chi connectivity index (χ4v) is 5.53. The normalized spacial score (nSPS) is 25.2. The maximum absolute atomic E-state index is 13.1. The lowest BCUT2D eigenvalue weighted by atomic mass is 9.64. The zero-order chi connectivity index (χ0) is 23.0. The van der Waals surface area contributed by atoms with E-state index in [1.165, 1.54) is 0 Å². The summed E-state index contributed by atoms with van der Waals surface area (Å²) in [4.78, 5) is 16.4. The van der Waals surface area contributed by atoms with E-state index in [-0.39, 0.29) is 12.0 Å². The molecule has 3 atom stereocenters. The van der Waals surface area contributed by atoms with E-state index in [1.54, 1.807) is 18.0 Å². The number of aliphatic carboxylic acids is 1. The number of aromatic amines is 1. The van der Waals surface area contributed by atoms with Crippen molar-refractivity contribution in [1.82, 2.24) is 20.1 Å². The Bertz CT molecular complexity index is 1220. The van der Waals surface area contributed by atoms with Crippen LogP contribution in [0.5, 0.6) is 5.75 Å². The van der Waals surface area contributed by atoms with Gasteiger partial charge in [-0.15, -0.1) is 0 Å². The fourth-order valence-electron chi connectivity index (χ4n) is 5.53. The Labute approximate surface area is 193 Å². The average molecular weight is 447 g/mol. The highest BCUT2D eigenvalue weighted by molar-refractivity contribution is 5.90. The van der Waals surface area contributed by atoms with Crippen LogP contribution in [0.1, 0.15) is 30.4 Å². The number of piperidine rings is 1. The van der Waals surface area contributed by atoms with Gasteiger partial charge in [-0.2, -0.15) is 5.10 Å². The summed E-state index contributed by atoms with van der Waals surface area (Å²) in [5, 5.41) is 19.7.